The maximum atomic E-state index is 5.49. The zero-order valence-electron chi connectivity index (χ0n) is 8.70. The number of piperazine rings is 1. The zero-order chi connectivity index (χ0) is 9.26. The van der Waals surface area contributed by atoms with Crippen LogP contribution < -0.4 is 0 Å². The van der Waals surface area contributed by atoms with Crippen LogP contribution in [0.2, 0.25) is 0 Å². The van der Waals surface area contributed by atoms with Crippen LogP contribution in [0.15, 0.2) is 0 Å². The lowest BCUT2D eigenvalue weighted by molar-refractivity contribution is 0.0895. The van der Waals surface area contributed by atoms with E-state index in [1.54, 1.807) is 0 Å². The molecule has 2 saturated heterocycles. The molecule has 2 atom stereocenters. The lowest BCUT2D eigenvalue weighted by Gasteiger charge is -2.37. The Kier molecular flexibility index (Phi) is 2.86. The van der Waals surface area contributed by atoms with Crippen molar-refractivity contribution in [3.05, 3.63) is 0 Å². The number of nitrogens with zero attached hydrogens (tertiary/aromatic N) is 2. The van der Waals surface area contributed by atoms with Gasteiger partial charge in [0.2, 0.25) is 0 Å². The molecule has 2 heterocycles. The summed E-state index contributed by atoms with van der Waals surface area (Å²) in [6.45, 7) is 9.06. The van der Waals surface area contributed by atoms with E-state index in [9.17, 15) is 0 Å². The maximum Gasteiger partial charge on any atom is 0.0625 e. The molecule has 0 bridgehead atoms. The molecule has 0 aromatic heterocycles. The van der Waals surface area contributed by atoms with Crippen LogP contribution in [-0.2, 0) is 4.74 Å². The molecule has 0 spiro atoms. The van der Waals surface area contributed by atoms with Gasteiger partial charge in [0.1, 0.15) is 0 Å². The fourth-order valence-electron chi connectivity index (χ4n) is 2.27. The van der Waals surface area contributed by atoms with Crippen LogP contribution in [-0.4, -0.2) is 62.3 Å². The fraction of sp³-hybridized carbons (Fsp3) is 1.00. The largest absolute Gasteiger partial charge is 0.379 e. The molecule has 0 N–H and O–H groups in total. The van der Waals surface area contributed by atoms with Gasteiger partial charge in [0, 0.05) is 32.2 Å². The Balaban J connectivity index is 1.86. The Labute approximate surface area is 80.6 Å². The molecule has 2 aliphatic rings. The van der Waals surface area contributed by atoms with Crippen LogP contribution in [0.3, 0.4) is 0 Å². The second-order valence-electron chi connectivity index (χ2n) is 4.42. The van der Waals surface area contributed by atoms with Gasteiger partial charge in [0.25, 0.3) is 0 Å². The molecule has 0 radical (unpaired) electrons. The van der Waals surface area contributed by atoms with Crippen molar-refractivity contribution in [1.29, 1.82) is 0 Å². The average molecular weight is 184 g/mol. The number of likely N-dealkylation sites (N-methyl/N-ethyl adjacent to an activating group) is 1. The van der Waals surface area contributed by atoms with Gasteiger partial charge in [-0.2, -0.15) is 0 Å². The molecule has 0 aliphatic carbocycles. The molecule has 3 nitrogen and oxygen atoms in total. The van der Waals surface area contributed by atoms with E-state index in [2.05, 4.69) is 23.8 Å². The van der Waals surface area contributed by atoms with E-state index >= 15 is 0 Å². The molecule has 0 aromatic rings. The third kappa shape index (κ3) is 2.03. The smallest absolute Gasteiger partial charge is 0.0625 e. The molecule has 2 aliphatic heterocycles. The first-order chi connectivity index (χ1) is 6.27. The van der Waals surface area contributed by atoms with Gasteiger partial charge in [-0.3, -0.25) is 4.90 Å². The Morgan fingerprint density at radius 3 is 2.31 bits per heavy atom. The highest BCUT2D eigenvalue weighted by Gasteiger charge is 2.31. The predicted octanol–water partition coefficient (Wildman–Crippen LogP) is 0.269. The summed E-state index contributed by atoms with van der Waals surface area (Å²) in [5.41, 5.74) is 0. The van der Waals surface area contributed by atoms with Gasteiger partial charge in [-0.15, -0.1) is 0 Å². The van der Waals surface area contributed by atoms with Crippen molar-refractivity contribution < 1.29 is 4.74 Å². The van der Waals surface area contributed by atoms with E-state index in [4.69, 9.17) is 4.74 Å². The molecule has 3 heteroatoms. The topological polar surface area (TPSA) is 15.7 Å². The molecule has 13 heavy (non-hydrogen) atoms. The molecular formula is C10H20N2O. The van der Waals surface area contributed by atoms with Gasteiger partial charge in [-0.25, -0.2) is 0 Å². The lowest BCUT2D eigenvalue weighted by atomic mass is 10.0. The summed E-state index contributed by atoms with van der Waals surface area (Å²) in [6, 6.07) is 0.689. The second kappa shape index (κ2) is 3.95. The fourth-order valence-corrected chi connectivity index (χ4v) is 2.27. The molecule has 0 amide bonds. The summed E-state index contributed by atoms with van der Waals surface area (Å²) < 4.78 is 5.49. The highest BCUT2D eigenvalue weighted by molar-refractivity contribution is 4.84. The Hall–Kier alpha value is -0.120. The number of hydrogen-bond acceptors (Lipinski definition) is 3. The first-order valence-corrected chi connectivity index (χ1v) is 5.27. The van der Waals surface area contributed by atoms with Crippen LogP contribution in [0.1, 0.15) is 6.92 Å². The van der Waals surface area contributed by atoms with E-state index in [0.717, 1.165) is 19.1 Å². The van der Waals surface area contributed by atoms with Gasteiger partial charge in [0.05, 0.1) is 13.2 Å². The first-order valence-electron chi connectivity index (χ1n) is 5.27. The summed E-state index contributed by atoms with van der Waals surface area (Å²) in [6.07, 6.45) is 0. The van der Waals surface area contributed by atoms with E-state index in [0.29, 0.717) is 6.04 Å². The first kappa shape index (κ1) is 9.44. The standard InChI is InChI=1S/C10H20N2O/c1-9-7-13-8-10(9)12-5-3-11(2)4-6-12/h9-10H,3-8H2,1-2H3/t9-,10-/m1/s1. The molecule has 0 unspecified atom stereocenters. The number of ether oxygens (including phenoxy) is 1. The lowest BCUT2D eigenvalue weighted by Crippen LogP contribution is -2.50. The van der Waals surface area contributed by atoms with E-state index in [1.807, 2.05) is 0 Å². The molecule has 2 fully saturated rings. The molecule has 76 valence electrons. The summed E-state index contributed by atoms with van der Waals surface area (Å²) in [5, 5.41) is 0. The van der Waals surface area contributed by atoms with Crippen LogP contribution in [0.25, 0.3) is 0 Å². The van der Waals surface area contributed by atoms with Gasteiger partial charge in [-0.1, -0.05) is 6.92 Å². The molecule has 2 rings (SSSR count). The molecular weight excluding hydrogens is 164 g/mol. The maximum absolute atomic E-state index is 5.49. The van der Waals surface area contributed by atoms with Crippen molar-refractivity contribution in [3.8, 4) is 0 Å². The zero-order valence-corrected chi connectivity index (χ0v) is 8.70. The average Bonchev–Trinajstić information content (AvgIpc) is 2.53. The third-order valence-corrected chi connectivity index (χ3v) is 3.33. The summed E-state index contributed by atoms with van der Waals surface area (Å²) in [7, 11) is 2.20. The molecule has 0 saturated carbocycles. The van der Waals surface area contributed by atoms with E-state index < -0.39 is 0 Å². The minimum Gasteiger partial charge on any atom is -0.379 e. The van der Waals surface area contributed by atoms with Crippen molar-refractivity contribution in [1.82, 2.24) is 9.80 Å². The predicted molar refractivity (Wildman–Crippen MR) is 52.8 cm³/mol. The van der Waals surface area contributed by atoms with Gasteiger partial charge in [0.15, 0.2) is 0 Å². The van der Waals surface area contributed by atoms with Crippen LogP contribution in [0, 0.1) is 5.92 Å². The monoisotopic (exact) mass is 184 g/mol. The number of rotatable bonds is 1. The van der Waals surface area contributed by atoms with Crippen molar-refractivity contribution in [2.24, 2.45) is 5.92 Å². The van der Waals surface area contributed by atoms with Gasteiger partial charge in [-0.05, 0) is 13.0 Å². The van der Waals surface area contributed by atoms with Gasteiger partial charge >= 0.3 is 0 Å². The molecule has 0 aromatic carbocycles. The quantitative estimate of drug-likeness (QED) is 0.582. The Morgan fingerprint density at radius 1 is 1.08 bits per heavy atom. The van der Waals surface area contributed by atoms with E-state index in [1.165, 1.54) is 26.2 Å². The Bertz CT molecular complexity index is 166. The van der Waals surface area contributed by atoms with Crippen molar-refractivity contribution in [2.75, 3.05) is 46.4 Å². The Morgan fingerprint density at radius 2 is 1.77 bits per heavy atom. The summed E-state index contributed by atoms with van der Waals surface area (Å²) >= 11 is 0. The highest BCUT2D eigenvalue weighted by atomic mass is 16.5. The van der Waals surface area contributed by atoms with E-state index in [-0.39, 0.29) is 0 Å². The van der Waals surface area contributed by atoms with Crippen molar-refractivity contribution in [3.63, 3.8) is 0 Å². The highest BCUT2D eigenvalue weighted by Crippen LogP contribution is 2.19. The minimum absolute atomic E-state index is 0.689. The normalized spacial score (nSPS) is 38.3. The number of hydrogen-bond donors (Lipinski definition) is 0. The SMILES string of the molecule is C[C@@H]1COC[C@H]1N1CCN(C)CC1. The van der Waals surface area contributed by atoms with Crippen molar-refractivity contribution >= 4 is 0 Å². The van der Waals surface area contributed by atoms with Crippen LogP contribution >= 0.6 is 0 Å². The third-order valence-electron chi connectivity index (χ3n) is 3.33. The summed E-state index contributed by atoms with van der Waals surface area (Å²) in [4.78, 5) is 4.99. The summed E-state index contributed by atoms with van der Waals surface area (Å²) in [5.74, 6) is 0.725. The minimum atomic E-state index is 0.689. The van der Waals surface area contributed by atoms with Crippen molar-refractivity contribution in [2.45, 2.75) is 13.0 Å². The second-order valence-corrected chi connectivity index (χ2v) is 4.42. The van der Waals surface area contributed by atoms with Crippen LogP contribution in [0.5, 0.6) is 0 Å². The van der Waals surface area contributed by atoms with Gasteiger partial charge < -0.3 is 9.64 Å². The van der Waals surface area contributed by atoms with Crippen LogP contribution in [0.4, 0.5) is 0 Å².